The van der Waals surface area contributed by atoms with Crippen LogP contribution in [-0.4, -0.2) is 39.3 Å². The molecule has 0 N–H and O–H groups in total. The van der Waals surface area contributed by atoms with Crippen molar-refractivity contribution in [1.29, 1.82) is 0 Å². The molecule has 0 amide bonds. The minimum atomic E-state index is 0.220. The van der Waals surface area contributed by atoms with E-state index in [2.05, 4.69) is 15.1 Å². The summed E-state index contributed by atoms with van der Waals surface area (Å²) in [5.41, 5.74) is 5.17. The summed E-state index contributed by atoms with van der Waals surface area (Å²) < 4.78 is 6.78. The molecule has 0 radical (unpaired) electrons. The number of benzene rings is 2. The summed E-state index contributed by atoms with van der Waals surface area (Å²) in [5, 5.41) is 5.48. The van der Waals surface area contributed by atoms with Gasteiger partial charge in [0.05, 0.1) is 40.3 Å². The van der Waals surface area contributed by atoms with Gasteiger partial charge in [-0.3, -0.25) is 9.59 Å². The van der Waals surface area contributed by atoms with Crippen LogP contribution in [0.3, 0.4) is 0 Å². The van der Waals surface area contributed by atoms with Gasteiger partial charge in [-0.15, -0.1) is 0 Å². The zero-order valence-corrected chi connectivity index (χ0v) is 19.8. The van der Waals surface area contributed by atoms with Crippen molar-refractivity contribution in [2.45, 2.75) is 0 Å². The molecule has 0 fully saturated rings. The van der Waals surface area contributed by atoms with Gasteiger partial charge in [0.2, 0.25) is 5.88 Å². The van der Waals surface area contributed by atoms with Crippen molar-refractivity contribution in [2.75, 3.05) is 7.11 Å². The zero-order chi connectivity index (χ0) is 24.5. The van der Waals surface area contributed by atoms with Crippen molar-refractivity contribution in [3.05, 3.63) is 88.2 Å². The Morgan fingerprint density at radius 3 is 2.03 bits per heavy atom. The number of aromatic nitrogens is 4. The first-order valence-electron chi connectivity index (χ1n) is 10.4. The lowest BCUT2D eigenvalue weighted by atomic mass is 9.98. The van der Waals surface area contributed by atoms with E-state index >= 15 is 0 Å². The van der Waals surface area contributed by atoms with Gasteiger partial charge in [-0.05, 0) is 24.3 Å². The molecule has 3 aromatic heterocycles. The summed E-state index contributed by atoms with van der Waals surface area (Å²) in [7, 11) is 1.46. The number of fused-ring (bicyclic) bond motifs is 1. The van der Waals surface area contributed by atoms with E-state index in [0.29, 0.717) is 73.2 Å². The molecule has 0 saturated carbocycles. The Balaban J connectivity index is 1.61. The Morgan fingerprint density at radius 1 is 0.771 bits per heavy atom. The lowest BCUT2D eigenvalue weighted by molar-refractivity contribution is 0.111. The minimum Gasteiger partial charge on any atom is -0.480 e. The van der Waals surface area contributed by atoms with Crippen molar-refractivity contribution in [3.63, 3.8) is 0 Å². The molecular weight excluding hydrogens is 487 g/mol. The predicted octanol–water partition coefficient (Wildman–Crippen LogP) is 6.07. The number of methoxy groups -OCH3 is 1. The van der Waals surface area contributed by atoms with Gasteiger partial charge in [-0.2, -0.15) is 5.10 Å². The van der Waals surface area contributed by atoms with Crippen LogP contribution in [0, 0.1) is 0 Å². The molecule has 0 aliphatic rings. The van der Waals surface area contributed by atoms with Crippen LogP contribution in [-0.2, 0) is 0 Å². The molecule has 9 heteroatoms. The van der Waals surface area contributed by atoms with E-state index in [1.165, 1.54) is 11.6 Å². The zero-order valence-electron chi connectivity index (χ0n) is 18.3. The number of hydrogen-bond donors (Lipinski definition) is 0. The van der Waals surface area contributed by atoms with Gasteiger partial charge >= 0.3 is 0 Å². The Morgan fingerprint density at radius 2 is 1.40 bits per heavy atom. The second kappa shape index (κ2) is 9.29. The molecule has 5 rings (SSSR count). The average Bonchev–Trinajstić information content (AvgIpc) is 3.31. The van der Waals surface area contributed by atoms with Crippen LogP contribution < -0.4 is 4.74 Å². The fraction of sp³-hybridized carbons (Fsp3) is 0.0385. The maximum absolute atomic E-state index is 11.2. The van der Waals surface area contributed by atoms with Crippen LogP contribution in [0.15, 0.2) is 66.9 Å². The monoisotopic (exact) mass is 502 g/mol. The number of imidazole rings is 1. The Bertz CT molecular complexity index is 1610. The van der Waals surface area contributed by atoms with E-state index in [-0.39, 0.29) is 5.88 Å². The van der Waals surface area contributed by atoms with Gasteiger partial charge in [0.15, 0.2) is 18.2 Å². The molecule has 0 saturated heterocycles. The van der Waals surface area contributed by atoms with E-state index in [1.54, 1.807) is 30.5 Å². The smallest absolute Gasteiger partial charge is 0.224 e. The highest BCUT2D eigenvalue weighted by atomic mass is 35.5. The predicted molar refractivity (Wildman–Crippen MR) is 134 cm³/mol. The molecule has 0 bridgehead atoms. The van der Waals surface area contributed by atoms with Crippen LogP contribution in [0.4, 0.5) is 0 Å². The van der Waals surface area contributed by atoms with Crippen molar-refractivity contribution in [1.82, 2.24) is 19.6 Å². The van der Waals surface area contributed by atoms with Crippen LogP contribution in [0.1, 0.15) is 20.8 Å². The fourth-order valence-corrected chi connectivity index (χ4v) is 4.48. The first-order chi connectivity index (χ1) is 17.0. The van der Waals surface area contributed by atoms with Gasteiger partial charge in [0, 0.05) is 22.3 Å². The first-order valence-corrected chi connectivity index (χ1v) is 11.2. The van der Waals surface area contributed by atoms with Gasteiger partial charge in [-0.25, -0.2) is 14.5 Å². The summed E-state index contributed by atoms with van der Waals surface area (Å²) in [6.07, 6.45) is 2.92. The number of rotatable bonds is 6. The molecule has 5 aromatic rings. The Hall–Kier alpha value is -4.07. The first kappa shape index (κ1) is 22.7. The van der Waals surface area contributed by atoms with Crippen LogP contribution in [0.25, 0.3) is 39.3 Å². The van der Waals surface area contributed by atoms with Crippen LogP contribution in [0.2, 0.25) is 10.0 Å². The number of carbonyl (C=O) groups excluding carboxylic acids is 2. The lowest BCUT2D eigenvalue weighted by Crippen LogP contribution is -1.97. The van der Waals surface area contributed by atoms with E-state index in [9.17, 15) is 9.59 Å². The van der Waals surface area contributed by atoms with Crippen LogP contribution >= 0.6 is 23.2 Å². The van der Waals surface area contributed by atoms with E-state index in [1.807, 2.05) is 36.4 Å². The lowest BCUT2D eigenvalue weighted by Gasteiger charge is -2.14. The summed E-state index contributed by atoms with van der Waals surface area (Å²) in [6.45, 7) is 0. The maximum Gasteiger partial charge on any atom is 0.224 e. The number of aldehydes is 2. The number of pyridine rings is 1. The van der Waals surface area contributed by atoms with Crippen molar-refractivity contribution >= 4 is 41.4 Å². The van der Waals surface area contributed by atoms with E-state index in [4.69, 9.17) is 27.9 Å². The van der Waals surface area contributed by atoms with Crippen LogP contribution in [0.5, 0.6) is 5.88 Å². The number of hydrogen-bond acceptors (Lipinski definition) is 6. The fourth-order valence-electron chi connectivity index (χ4n) is 3.83. The normalized spacial score (nSPS) is 10.9. The third kappa shape index (κ3) is 4.05. The summed E-state index contributed by atoms with van der Waals surface area (Å²) in [5.74, 6) is 0.220. The number of halogens is 2. The quantitative estimate of drug-likeness (QED) is 0.262. The third-order valence-electron chi connectivity index (χ3n) is 5.51. The molecule has 0 aliphatic heterocycles. The largest absolute Gasteiger partial charge is 0.480 e. The molecule has 35 heavy (non-hydrogen) atoms. The van der Waals surface area contributed by atoms with Gasteiger partial charge in [0.25, 0.3) is 0 Å². The highest BCUT2D eigenvalue weighted by Gasteiger charge is 2.17. The molecule has 7 nitrogen and oxygen atoms in total. The number of ether oxygens (including phenoxy) is 1. The van der Waals surface area contributed by atoms with Gasteiger partial charge in [-0.1, -0.05) is 59.6 Å². The maximum atomic E-state index is 11.2. The Labute approximate surface area is 209 Å². The minimum absolute atomic E-state index is 0.220. The van der Waals surface area contributed by atoms with Crippen molar-refractivity contribution in [2.24, 2.45) is 0 Å². The Kier molecular flexibility index (Phi) is 6.03. The topological polar surface area (TPSA) is 86.5 Å². The number of nitrogens with zero attached hydrogens (tertiary/aromatic N) is 4. The summed E-state index contributed by atoms with van der Waals surface area (Å²) >= 11 is 13.7. The molecule has 172 valence electrons. The second-order valence-corrected chi connectivity index (χ2v) is 8.31. The number of carbonyl (C=O) groups is 2. The van der Waals surface area contributed by atoms with Gasteiger partial charge in [0.1, 0.15) is 5.69 Å². The average molecular weight is 503 g/mol. The summed E-state index contributed by atoms with van der Waals surface area (Å²) in [4.78, 5) is 30.9. The van der Waals surface area contributed by atoms with Crippen molar-refractivity contribution in [3.8, 4) is 39.5 Å². The molecule has 3 heterocycles. The molecular formula is C26H16Cl2N4O3. The molecule has 2 aromatic carbocycles. The highest BCUT2D eigenvalue weighted by Crippen LogP contribution is 2.42. The molecule has 0 aliphatic carbocycles. The van der Waals surface area contributed by atoms with E-state index in [0.717, 1.165) is 0 Å². The molecule has 0 atom stereocenters. The highest BCUT2D eigenvalue weighted by molar-refractivity contribution is 6.39. The molecule has 0 unspecified atom stereocenters. The third-order valence-corrected chi connectivity index (χ3v) is 6.32. The summed E-state index contributed by atoms with van der Waals surface area (Å²) in [6, 6.07) is 18.1. The van der Waals surface area contributed by atoms with Gasteiger partial charge < -0.3 is 4.74 Å². The standard InChI is InChI=1S/C26H16Cl2N4O3/c1-35-26-15(13-33)8-9-21(30-26)19-6-2-4-17(24(19)27)18-5-3-7-20(25(18)28)22-10-11-23-29-16(14-34)12-32(23)31-22/h2-14H,1H3. The van der Waals surface area contributed by atoms with Crippen molar-refractivity contribution < 1.29 is 14.3 Å². The second-order valence-electron chi connectivity index (χ2n) is 7.55. The SMILES string of the molecule is COc1nc(-c2cccc(-c3cccc(-c4ccc5nc(C=O)cn5n4)c3Cl)c2Cl)ccc1C=O. The molecule has 0 spiro atoms. The van der Waals surface area contributed by atoms with E-state index < -0.39 is 0 Å².